The first-order valence-corrected chi connectivity index (χ1v) is 15.5. The Morgan fingerprint density at radius 3 is 2.64 bits per heavy atom. The number of carbonyl (C=O) groups is 2. The second-order valence-corrected chi connectivity index (χ2v) is 14.7. The summed E-state index contributed by atoms with van der Waals surface area (Å²) in [7, 11) is -2.77. The zero-order valence-corrected chi connectivity index (χ0v) is 22.6. The lowest BCUT2D eigenvalue weighted by atomic mass is 9.82. The molecule has 0 aliphatic carbocycles. The summed E-state index contributed by atoms with van der Waals surface area (Å²) < 4.78 is 6.55. The van der Waals surface area contributed by atoms with Gasteiger partial charge in [-0.05, 0) is 62.3 Å². The molecule has 4 rings (SSSR count). The average molecular weight is 533 g/mol. The van der Waals surface area contributed by atoms with Gasteiger partial charge in [-0.1, -0.05) is 30.7 Å². The maximum Gasteiger partial charge on any atom is 0.264 e. The van der Waals surface area contributed by atoms with E-state index in [1.165, 1.54) is 6.92 Å². The van der Waals surface area contributed by atoms with Crippen molar-refractivity contribution in [3.05, 3.63) is 58.6 Å². The Morgan fingerprint density at radius 1 is 1.28 bits per heavy atom. The summed E-state index contributed by atoms with van der Waals surface area (Å²) in [4.78, 5) is 38.9. The van der Waals surface area contributed by atoms with Gasteiger partial charge in [0.2, 0.25) is 0 Å². The Kier molecular flexibility index (Phi) is 7.35. The van der Waals surface area contributed by atoms with E-state index in [1.807, 2.05) is 26.1 Å². The van der Waals surface area contributed by atoms with Gasteiger partial charge in [-0.25, -0.2) is 0 Å². The summed E-state index contributed by atoms with van der Waals surface area (Å²) in [6.07, 6.45) is -1.29. The van der Waals surface area contributed by atoms with Crippen LogP contribution in [0.4, 0.5) is 11.4 Å². The van der Waals surface area contributed by atoms with Crippen LogP contribution < -0.4 is 10.2 Å². The lowest BCUT2D eigenvalue weighted by molar-refractivity contribution is -0.146. The van der Waals surface area contributed by atoms with Crippen molar-refractivity contribution in [2.45, 2.75) is 63.3 Å². The van der Waals surface area contributed by atoms with Crippen molar-refractivity contribution in [3.8, 4) is 0 Å². The number of carbonyl (C=O) groups excluding carboxylic acids is 2. The first-order chi connectivity index (χ1) is 16.9. The summed E-state index contributed by atoms with van der Waals surface area (Å²) >= 11 is 6.38. The summed E-state index contributed by atoms with van der Waals surface area (Å²) in [5.74, 6) is -1.10. The van der Waals surface area contributed by atoms with Crippen molar-refractivity contribution < 1.29 is 29.3 Å². The molecule has 0 aromatic heterocycles. The number of halogens is 1. The highest BCUT2D eigenvalue weighted by Gasteiger charge is 2.66. The number of ether oxygens (including phenoxy) is 1. The van der Waals surface area contributed by atoms with Crippen LogP contribution >= 0.6 is 11.6 Å². The summed E-state index contributed by atoms with van der Waals surface area (Å²) in [5.41, 5.74) is 1.04. The van der Waals surface area contributed by atoms with Gasteiger partial charge in [-0.2, -0.15) is 0 Å². The van der Waals surface area contributed by atoms with E-state index in [4.69, 9.17) is 16.3 Å². The van der Waals surface area contributed by atoms with Gasteiger partial charge in [0.05, 0.1) is 18.3 Å². The monoisotopic (exact) mass is 532 g/mol. The van der Waals surface area contributed by atoms with E-state index in [0.29, 0.717) is 28.4 Å². The van der Waals surface area contributed by atoms with Gasteiger partial charge < -0.3 is 30.0 Å². The van der Waals surface area contributed by atoms with Crippen LogP contribution in [0.15, 0.2) is 42.5 Å². The van der Waals surface area contributed by atoms with Crippen molar-refractivity contribution in [3.63, 3.8) is 0 Å². The van der Waals surface area contributed by atoms with Gasteiger partial charge >= 0.3 is 0 Å². The van der Waals surface area contributed by atoms with E-state index in [2.05, 4.69) is 5.32 Å². The molecule has 0 saturated carbocycles. The fourth-order valence-electron chi connectivity index (χ4n) is 5.78. The topological polar surface area (TPSA) is 119 Å². The molecule has 2 heterocycles. The van der Waals surface area contributed by atoms with E-state index in [-0.39, 0.29) is 30.5 Å². The van der Waals surface area contributed by atoms with Gasteiger partial charge in [0.15, 0.2) is 13.9 Å². The third-order valence-corrected chi connectivity index (χ3v) is 10.0. The molecule has 8 nitrogen and oxygen atoms in total. The number of aliphatic hydroxyl groups excluding tert-OH is 2. The predicted octanol–water partition coefficient (Wildman–Crippen LogP) is 3.39. The minimum absolute atomic E-state index is 0.111. The molecule has 1 spiro atoms. The molecular weight excluding hydrogens is 500 g/mol. The van der Waals surface area contributed by atoms with Crippen LogP contribution in [-0.4, -0.2) is 54.0 Å². The van der Waals surface area contributed by atoms with Crippen LogP contribution in [0.5, 0.6) is 0 Å². The third-order valence-electron chi connectivity index (χ3n) is 7.27. The zero-order valence-electron chi connectivity index (χ0n) is 20.9. The van der Waals surface area contributed by atoms with Crippen LogP contribution in [0.1, 0.15) is 31.4 Å². The van der Waals surface area contributed by atoms with Gasteiger partial charge in [-0.15, -0.1) is 0 Å². The molecule has 1 fully saturated rings. The van der Waals surface area contributed by atoms with Crippen molar-refractivity contribution in [2.75, 3.05) is 16.8 Å². The molecule has 2 aliphatic rings. The highest BCUT2D eigenvalue weighted by molar-refractivity contribution is 6.71. The highest BCUT2D eigenvalue weighted by atomic mass is 35.5. The lowest BCUT2D eigenvalue weighted by Crippen LogP contribution is -2.46. The zero-order chi connectivity index (χ0) is 26.4. The number of anilines is 2. The second-order valence-electron chi connectivity index (χ2n) is 10.3. The molecule has 2 aromatic rings. The molecule has 10 heteroatoms. The summed E-state index contributed by atoms with van der Waals surface area (Å²) in [6, 6.07) is 12.4. The smallest absolute Gasteiger partial charge is 0.264 e. The molecular formula is C26H33ClN2O6Si. The molecule has 194 valence electrons. The molecule has 2 amide bonds. The molecule has 2 aliphatic heterocycles. The average Bonchev–Trinajstić information content (AvgIpc) is 3.21. The molecule has 0 unspecified atom stereocenters. The number of aliphatic hydroxyl groups is 2. The minimum atomic E-state index is -2.77. The van der Waals surface area contributed by atoms with Crippen molar-refractivity contribution in [1.29, 1.82) is 0 Å². The van der Waals surface area contributed by atoms with E-state index in [1.54, 1.807) is 41.3 Å². The van der Waals surface area contributed by atoms with Crippen LogP contribution in [0, 0.1) is 5.92 Å². The van der Waals surface area contributed by atoms with E-state index < -0.39 is 32.0 Å². The number of nitrogens with zero attached hydrogens (tertiary/aromatic N) is 1. The minimum Gasteiger partial charge on any atom is -0.432 e. The largest absolute Gasteiger partial charge is 0.432 e. The third kappa shape index (κ3) is 4.60. The number of amides is 2. The number of benzene rings is 2. The SMILES string of the molecule is C[C@H](O)C(=O)Nc1cccc(CN2C(=O)[C@]3(O[C@H](CCO)[C@@H]([Si](C)(C)O)[C@@H]3C)c3cc(Cl)ccc32)c1. The summed E-state index contributed by atoms with van der Waals surface area (Å²) in [6.45, 7) is 7.11. The molecule has 5 atom stereocenters. The maximum absolute atomic E-state index is 14.2. The van der Waals surface area contributed by atoms with Crippen LogP contribution in [0.3, 0.4) is 0 Å². The Labute approximate surface area is 217 Å². The number of hydrogen-bond acceptors (Lipinski definition) is 6. The molecule has 0 bridgehead atoms. The standard InChI is InChI=1S/C26H33ClN2O6Si/c1-15-23(36(3,4)34)22(10-11-30)35-26(15)20-13-18(27)8-9-21(20)29(25(26)33)14-17-6-5-7-19(12-17)28-24(32)16(2)31/h5-9,12-13,15-16,22-23,30-31,34H,10-11,14H2,1-4H3,(H,28,32)/t15-,16-,22+,23-,26+/m0/s1. The Morgan fingerprint density at radius 2 is 2.00 bits per heavy atom. The van der Waals surface area contributed by atoms with Gasteiger partial charge in [0.1, 0.15) is 6.10 Å². The number of nitrogens with one attached hydrogen (secondary N) is 1. The Balaban J connectivity index is 1.74. The predicted molar refractivity (Wildman–Crippen MR) is 140 cm³/mol. The van der Waals surface area contributed by atoms with E-state index in [9.17, 15) is 24.6 Å². The molecule has 4 N–H and O–H groups in total. The normalized spacial score (nSPS) is 26.4. The fourth-order valence-corrected chi connectivity index (χ4v) is 8.56. The van der Waals surface area contributed by atoms with Crippen LogP contribution in [0.2, 0.25) is 23.7 Å². The van der Waals surface area contributed by atoms with Gasteiger partial charge in [0, 0.05) is 34.3 Å². The van der Waals surface area contributed by atoms with Crippen molar-refractivity contribution in [2.24, 2.45) is 5.92 Å². The van der Waals surface area contributed by atoms with Gasteiger partial charge in [0.25, 0.3) is 11.8 Å². The molecule has 2 aromatic carbocycles. The fraction of sp³-hybridized carbons (Fsp3) is 0.462. The van der Waals surface area contributed by atoms with Gasteiger partial charge in [-0.3, -0.25) is 9.59 Å². The quantitative estimate of drug-likeness (QED) is 0.406. The van der Waals surface area contributed by atoms with Crippen molar-refractivity contribution in [1.82, 2.24) is 0 Å². The molecule has 0 radical (unpaired) electrons. The summed E-state index contributed by atoms with van der Waals surface area (Å²) in [5, 5.41) is 22.3. The molecule has 1 saturated heterocycles. The number of fused-ring (bicyclic) bond motifs is 2. The Hall–Kier alpha value is -2.27. The first kappa shape index (κ1) is 26.8. The van der Waals surface area contributed by atoms with Crippen molar-refractivity contribution >= 4 is 43.1 Å². The van der Waals surface area contributed by atoms with E-state index >= 15 is 0 Å². The van der Waals surface area contributed by atoms with E-state index in [0.717, 1.165) is 5.56 Å². The maximum atomic E-state index is 14.2. The second kappa shape index (κ2) is 9.89. The lowest BCUT2D eigenvalue weighted by Gasteiger charge is -2.32. The number of hydrogen-bond donors (Lipinski definition) is 4. The first-order valence-electron chi connectivity index (χ1n) is 12.1. The molecule has 36 heavy (non-hydrogen) atoms. The highest BCUT2D eigenvalue weighted by Crippen LogP contribution is 2.60. The number of rotatable bonds is 7. The van der Waals surface area contributed by atoms with Crippen LogP contribution in [-0.2, 0) is 26.5 Å². The Bertz CT molecular complexity index is 1170. The van der Waals surface area contributed by atoms with Crippen LogP contribution in [0.25, 0.3) is 0 Å².